The van der Waals surface area contributed by atoms with Crippen LogP contribution in [0.15, 0.2) is 46.3 Å². The zero-order valence-electron chi connectivity index (χ0n) is 15.8. The molecule has 2 aromatic heterocycles. The Hall–Kier alpha value is -1.93. The fourth-order valence-corrected chi connectivity index (χ4v) is 4.04. The Labute approximate surface area is 173 Å². The SMILES string of the molecule is C[C@@H](c1nc(-c2cccs2)no1)N1CCN(CCOc2ccc(Cl)cc2)CC1. The van der Waals surface area contributed by atoms with Crippen molar-refractivity contribution in [3.05, 3.63) is 52.7 Å². The second-order valence-corrected chi connectivity index (χ2v) is 8.17. The summed E-state index contributed by atoms with van der Waals surface area (Å²) in [5, 5.41) is 6.87. The number of aromatic nitrogens is 2. The molecule has 1 fully saturated rings. The topological polar surface area (TPSA) is 54.6 Å². The van der Waals surface area contributed by atoms with Crippen LogP contribution in [0.4, 0.5) is 0 Å². The van der Waals surface area contributed by atoms with E-state index in [4.69, 9.17) is 20.9 Å². The second kappa shape index (κ2) is 9.05. The normalized spacial score (nSPS) is 16.9. The molecule has 0 aliphatic carbocycles. The van der Waals surface area contributed by atoms with Gasteiger partial charge in [0.1, 0.15) is 12.4 Å². The number of ether oxygens (including phenoxy) is 1. The third-order valence-electron chi connectivity index (χ3n) is 4.99. The Kier molecular flexibility index (Phi) is 6.26. The Morgan fingerprint density at radius 2 is 1.96 bits per heavy atom. The fourth-order valence-electron chi connectivity index (χ4n) is 3.26. The van der Waals surface area contributed by atoms with Gasteiger partial charge in [-0.05, 0) is 42.6 Å². The molecule has 1 aliphatic rings. The summed E-state index contributed by atoms with van der Waals surface area (Å²) in [6, 6.07) is 11.6. The van der Waals surface area contributed by atoms with Crippen LogP contribution in [-0.4, -0.2) is 59.3 Å². The molecule has 1 atom stereocenters. The highest BCUT2D eigenvalue weighted by atomic mass is 35.5. The first-order valence-electron chi connectivity index (χ1n) is 9.41. The lowest BCUT2D eigenvalue weighted by Crippen LogP contribution is -2.48. The maximum atomic E-state index is 5.90. The van der Waals surface area contributed by atoms with Crippen molar-refractivity contribution in [3.63, 3.8) is 0 Å². The van der Waals surface area contributed by atoms with Gasteiger partial charge in [-0.25, -0.2) is 0 Å². The predicted octanol–water partition coefficient (Wildman–Crippen LogP) is 4.21. The van der Waals surface area contributed by atoms with E-state index in [1.165, 1.54) is 0 Å². The fraction of sp³-hybridized carbons (Fsp3) is 0.400. The van der Waals surface area contributed by atoms with E-state index in [0.717, 1.165) is 48.4 Å². The second-order valence-electron chi connectivity index (χ2n) is 6.79. The number of hydrogen-bond acceptors (Lipinski definition) is 7. The number of nitrogens with zero attached hydrogens (tertiary/aromatic N) is 4. The zero-order valence-corrected chi connectivity index (χ0v) is 17.3. The molecule has 8 heteroatoms. The number of hydrogen-bond donors (Lipinski definition) is 0. The maximum Gasteiger partial charge on any atom is 0.244 e. The van der Waals surface area contributed by atoms with E-state index in [9.17, 15) is 0 Å². The Morgan fingerprint density at radius 3 is 2.68 bits per heavy atom. The molecule has 0 unspecified atom stereocenters. The molecule has 3 heterocycles. The molecular formula is C20H23ClN4O2S. The van der Waals surface area contributed by atoms with Crippen LogP contribution >= 0.6 is 22.9 Å². The summed E-state index contributed by atoms with van der Waals surface area (Å²) in [6.45, 7) is 7.65. The minimum Gasteiger partial charge on any atom is -0.492 e. The summed E-state index contributed by atoms with van der Waals surface area (Å²) in [5.74, 6) is 2.22. The molecular weight excluding hydrogens is 396 g/mol. The maximum absolute atomic E-state index is 5.90. The first-order valence-corrected chi connectivity index (χ1v) is 10.7. The van der Waals surface area contributed by atoms with Gasteiger partial charge in [-0.2, -0.15) is 4.98 Å². The van der Waals surface area contributed by atoms with Crippen molar-refractivity contribution in [3.8, 4) is 16.5 Å². The third-order valence-corrected chi connectivity index (χ3v) is 6.10. The van der Waals surface area contributed by atoms with Crippen molar-refractivity contribution in [1.29, 1.82) is 0 Å². The summed E-state index contributed by atoms with van der Waals surface area (Å²) < 4.78 is 11.3. The number of halogens is 1. The van der Waals surface area contributed by atoms with E-state index in [-0.39, 0.29) is 6.04 Å². The van der Waals surface area contributed by atoms with Crippen LogP contribution < -0.4 is 4.74 Å². The summed E-state index contributed by atoms with van der Waals surface area (Å²) in [6.07, 6.45) is 0. The minimum atomic E-state index is 0.119. The van der Waals surface area contributed by atoms with Crippen LogP contribution in [-0.2, 0) is 0 Å². The van der Waals surface area contributed by atoms with Crippen LogP contribution in [0.3, 0.4) is 0 Å². The molecule has 1 aliphatic heterocycles. The van der Waals surface area contributed by atoms with Crippen LogP contribution in [0.25, 0.3) is 10.7 Å². The number of benzene rings is 1. The van der Waals surface area contributed by atoms with Crippen LogP contribution in [0.5, 0.6) is 5.75 Å². The molecule has 0 spiro atoms. The highest BCUT2D eigenvalue weighted by Gasteiger charge is 2.26. The van der Waals surface area contributed by atoms with Gasteiger partial charge in [0.2, 0.25) is 11.7 Å². The Balaban J connectivity index is 1.23. The van der Waals surface area contributed by atoms with Gasteiger partial charge in [-0.15, -0.1) is 11.3 Å². The van der Waals surface area contributed by atoms with E-state index >= 15 is 0 Å². The first-order chi connectivity index (χ1) is 13.7. The van der Waals surface area contributed by atoms with Crippen LogP contribution in [0.2, 0.25) is 5.02 Å². The lowest BCUT2D eigenvalue weighted by Gasteiger charge is -2.36. The van der Waals surface area contributed by atoms with Crippen molar-refractivity contribution in [2.45, 2.75) is 13.0 Å². The standard InChI is InChI=1S/C20H23ClN4O2S/c1-15(20-22-19(23-27-20)18-3-2-14-28-18)25-10-8-24(9-11-25)12-13-26-17-6-4-16(21)5-7-17/h2-7,14-15H,8-13H2,1H3/t15-/m0/s1. The summed E-state index contributed by atoms with van der Waals surface area (Å²) >= 11 is 7.51. The van der Waals surface area contributed by atoms with Crippen LogP contribution in [0.1, 0.15) is 18.9 Å². The number of thiophene rings is 1. The van der Waals surface area contributed by atoms with Gasteiger partial charge in [0.25, 0.3) is 0 Å². The lowest BCUT2D eigenvalue weighted by molar-refractivity contribution is 0.0800. The van der Waals surface area contributed by atoms with E-state index in [0.29, 0.717) is 18.3 Å². The molecule has 3 aromatic rings. The van der Waals surface area contributed by atoms with E-state index in [2.05, 4.69) is 26.9 Å². The van der Waals surface area contributed by atoms with Crippen LogP contribution in [0, 0.1) is 0 Å². The highest BCUT2D eigenvalue weighted by Crippen LogP contribution is 2.25. The molecule has 0 saturated carbocycles. The number of piperazine rings is 1. The molecule has 0 N–H and O–H groups in total. The van der Waals surface area contributed by atoms with Gasteiger partial charge in [0.05, 0.1) is 10.9 Å². The van der Waals surface area contributed by atoms with E-state index in [1.807, 2.05) is 41.8 Å². The Bertz CT molecular complexity index is 861. The average Bonchev–Trinajstić information content (AvgIpc) is 3.41. The zero-order chi connectivity index (χ0) is 19.3. The minimum absolute atomic E-state index is 0.119. The van der Waals surface area contributed by atoms with E-state index < -0.39 is 0 Å². The molecule has 148 valence electrons. The molecule has 0 bridgehead atoms. The first kappa shape index (κ1) is 19.4. The molecule has 1 aromatic carbocycles. The van der Waals surface area contributed by atoms with Gasteiger partial charge in [0.15, 0.2) is 0 Å². The van der Waals surface area contributed by atoms with Crippen molar-refractivity contribution >= 4 is 22.9 Å². The quantitative estimate of drug-likeness (QED) is 0.573. The largest absolute Gasteiger partial charge is 0.492 e. The molecule has 28 heavy (non-hydrogen) atoms. The molecule has 0 radical (unpaired) electrons. The Morgan fingerprint density at radius 1 is 1.18 bits per heavy atom. The smallest absolute Gasteiger partial charge is 0.244 e. The number of rotatable bonds is 7. The molecule has 1 saturated heterocycles. The van der Waals surface area contributed by atoms with Crippen molar-refractivity contribution in [2.24, 2.45) is 0 Å². The van der Waals surface area contributed by atoms with Crippen molar-refractivity contribution in [1.82, 2.24) is 19.9 Å². The molecule has 6 nitrogen and oxygen atoms in total. The van der Waals surface area contributed by atoms with E-state index in [1.54, 1.807) is 11.3 Å². The highest BCUT2D eigenvalue weighted by molar-refractivity contribution is 7.13. The van der Waals surface area contributed by atoms with Crippen molar-refractivity contribution in [2.75, 3.05) is 39.3 Å². The van der Waals surface area contributed by atoms with Gasteiger partial charge in [-0.3, -0.25) is 9.80 Å². The summed E-state index contributed by atoms with van der Waals surface area (Å²) in [4.78, 5) is 10.4. The van der Waals surface area contributed by atoms with Gasteiger partial charge in [0, 0.05) is 37.7 Å². The molecule has 0 amide bonds. The van der Waals surface area contributed by atoms with Crippen molar-refractivity contribution < 1.29 is 9.26 Å². The summed E-state index contributed by atoms with van der Waals surface area (Å²) in [7, 11) is 0. The monoisotopic (exact) mass is 418 g/mol. The van der Waals surface area contributed by atoms with Gasteiger partial charge in [-0.1, -0.05) is 22.8 Å². The summed E-state index contributed by atoms with van der Waals surface area (Å²) in [5.41, 5.74) is 0. The molecule has 4 rings (SSSR count). The van der Waals surface area contributed by atoms with Gasteiger partial charge >= 0.3 is 0 Å². The lowest BCUT2D eigenvalue weighted by atomic mass is 10.2. The predicted molar refractivity (Wildman–Crippen MR) is 111 cm³/mol. The average molecular weight is 419 g/mol. The van der Waals surface area contributed by atoms with Gasteiger partial charge < -0.3 is 9.26 Å². The third kappa shape index (κ3) is 4.72.